The highest BCUT2D eigenvalue weighted by atomic mass is 15.1. The second-order valence-corrected chi connectivity index (χ2v) is 6.07. The molecule has 1 heterocycles. The van der Waals surface area contributed by atoms with Gasteiger partial charge in [0.1, 0.15) is 5.82 Å². The van der Waals surface area contributed by atoms with Crippen molar-refractivity contribution in [2.24, 2.45) is 0 Å². The van der Waals surface area contributed by atoms with Crippen LogP contribution in [0.5, 0.6) is 0 Å². The second kappa shape index (κ2) is 6.19. The van der Waals surface area contributed by atoms with Gasteiger partial charge in [0, 0.05) is 31.9 Å². The van der Waals surface area contributed by atoms with E-state index in [-0.39, 0.29) is 5.54 Å². The molecule has 0 aliphatic carbocycles. The Balaban J connectivity index is 2.89. The van der Waals surface area contributed by atoms with Crippen LogP contribution in [0.2, 0.25) is 0 Å². The second-order valence-electron chi connectivity index (χ2n) is 6.07. The molecule has 0 unspecified atom stereocenters. The van der Waals surface area contributed by atoms with Crippen molar-refractivity contribution in [1.82, 2.24) is 10.3 Å². The van der Waals surface area contributed by atoms with Crippen molar-refractivity contribution in [2.45, 2.75) is 52.6 Å². The molecule has 1 aromatic rings. The van der Waals surface area contributed by atoms with Crippen molar-refractivity contribution in [2.75, 3.05) is 19.0 Å². The van der Waals surface area contributed by atoms with Gasteiger partial charge in [-0.25, -0.2) is 4.98 Å². The van der Waals surface area contributed by atoms with E-state index >= 15 is 0 Å². The number of pyridine rings is 1. The standard InChI is InChI=1S/C15H27N3/c1-7-8-13-9-12(11-16-15(2,3)4)10-14(17-13)18(5)6/h9-10,16H,7-8,11H2,1-6H3. The van der Waals surface area contributed by atoms with Gasteiger partial charge < -0.3 is 10.2 Å². The van der Waals surface area contributed by atoms with Crippen LogP contribution in [0, 0.1) is 0 Å². The SMILES string of the molecule is CCCc1cc(CNC(C)(C)C)cc(N(C)C)n1. The topological polar surface area (TPSA) is 28.2 Å². The zero-order chi connectivity index (χ0) is 13.8. The molecule has 0 aliphatic heterocycles. The summed E-state index contributed by atoms with van der Waals surface area (Å²) in [6.07, 6.45) is 2.18. The predicted molar refractivity (Wildman–Crippen MR) is 79.2 cm³/mol. The van der Waals surface area contributed by atoms with E-state index in [9.17, 15) is 0 Å². The highest BCUT2D eigenvalue weighted by molar-refractivity contribution is 5.41. The molecule has 0 saturated heterocycles. The molecule has 0 aliphatic rings. The minimum Gasteiger partial charge on any atom is -0.363 e. The average molecular weight is 249 g/mol. The third-order valence-corrected chi connectivity index (χ3v) is 2.71. The molecule has 18 heavy (non-hydrogen) atoms. The molecular formula is C15H27N3. The number of anilines is 1. The van der Waals surface area contributed by atoms with Crippen LogP contribution in [-0.4, -0.2) is 24.6 Å². The summed E-state index contributed by atoms with van der Waals surface area (Å²) in [5, 5.41) is 3.53. The maximum absolute atomic E-state index is 4.67. The molecule has 3 heteroatoms. The number of rotatable bonds is 5. The number of nitrogens with one attached hydrogen (secondary N) is 1. The van der Waals surface area contributed by atoms with Gasteiger partial charge >= 0.3 is 0 Å². The van der Waals surface area contributed by atoms with E-state index in [2.05, 4.69) is 55.0 Å². The zero-order valence-electron chi connectivity index (χ0n) is 12.7. The summed E-state index contributed by atoms with van der Waals surface area (Å²) in [4.78, 5) is 6.73. The third-order valence-electron chi connectivity index (χ3n) is 2.71. The third kappa shape index (κ3) is 5.05. The van der Waals surface area contributed by atoms with Gasteiger partial charge in [-0.2, -0.15) is 0 Å². The van der Waals surface area contributed by atoms with E-state index < -0.39 is 0 Å². The van der Waals surface area contributed by atoms with Crippen molar-refractivity contribution < 1.29 is 0 Å². The highest BCUT2D eigenvalue weighted by Gasteiger charge is 2.10. The monoisotopic (exact) mass is 249 g/mol. The predicted octanol–water partition coefficient (Wildman–Crippen LogP) is 2.99. The van der Waals surface area contributed by atoms with Crippen LogP contribution in [0.25, 0.3) is 0 Å². The quantitative estimate of drug-likeness (QED) is 0.869. The fourth-order valence-corrected chi connectivity index (χ4v) is 1.72. The van der Waals surface area contributed by atoms with E-state index in [1.165, 1.54) is 11.3 Å². The van der Waals surface area contributed by atoms with Gasteiger partial charge in [0.05, 0.1) is 0 Å². The molecule has 3 nitrogen and oxygen atoms in total. The van der Waals surface area contributed by atoms with Crippen LogP contribution < -0.4 is 10.2 Å². The average Bonchev–Trinajstić information content (AvgIpc) is 2.25. The molecule has 0 amide bonds. The molecule has 1 aromatic heterocycles. The van der Waals surface area contributed by atoms with Crippen molar-refractivity contribution in [3.8, 4) is 0 Å². The summed E-state index contributed by atoms with van der Waals surface area (Å²) in [5.41, 5.74) is 2.65. The van der Waals surface area contributed by atoms with E-state index in [1.54, 1.807) is 0 Å². The summed E-state index contributed by atoms with van der Waals surface area (Å²) >= 11 is 0. The molecular weight excluding hydrogens is 222 g/mol. The first-order valence-corrected chi connectivity index (χ1v) is 6.74. The smallest absolute Gasteiger partial charge is 0.128 e. The number of aromatic nitrogens is 1. The van der Waals surface area contributed by atoms with Crippen molar-refractivity contribution in [3.05, 3.63) is 23.4 Å². The lowest BCUT2D eigenvalue weighted by atomic mass is 10.1. The fourth-order valence-electron chi connectivity index (χ4n) is 1.72. The number of hydrogen-bond acceptors (Lipinski definition) is 3. The summed E-state index contributed by atoms with van der Waals surface area (Å²) in [6.45, 7) is 9.65. The fraction of sp³-hybridized carbons (Fsp3) is 0.667. The normalized spacial score (nSPS) is 11.7. The number of aryl methyl sites for hydroxylation is 1. The van der Waals surface area contributed by atoms with Crippen LogP contribution >= 0.6 is 0 Å². The van der Waals surface area contributed by atoms with E-state index in [0.717, 1.165) is 25.2 Å². The van der Waals surface area contributed by atoms with Gasteiger partial charge in [-0.05, 0) is 44.9 Å². The molecule has 0 atom stereocenters. The Morgan fingerprint density at radius 1 is 1.22 bits per heavy atom. The molecule has 0 saturated carbocycles. The Morgan fingerprint density at radius 2 is 1.89 bits per heavy atom. The Kier molecular flexibility index (Phi) is 5.15. The van der Waals surface area contributed by atoms with Gasteiger partial charge in [0.15, 0.2) is 0 Å². The first kappa shape index (κ1) is 15.0. The molecule has 1 rings (SSSR count). The summed E-state index contributed by atoms with van der Waals surface area (Å²) < 4.78 is 0. The van der Waals surface area contributed by atoms with E-state index in [1.807, 2.05) is 14.1 Å². The Labute approximate surface area is 112 Å². The lowest BCUT2D eigenvalue weighted by Crippen LogP contribution is -2.35. The van der Waals surface area contributed by atoms with Gasteiger partial charge in [0.2, 0.25) is 0 Å². The largest absolute Gasteiger partial charge is 0.363 e. The summed E-state index contributed by atoms with van der Waals surface area (Å²) in [5.74, 6) is 1.05. The molecule has 102 valence electrons. The molecule has 0 aromatic carbocycles. The highest BCUT2D eigenvalue weighted by Crippen LogP contribution is 2.15. The molecule has 0 spiro atoms. The van der Waals surface area contributed by atoms with Crippen LogP contribution in [0.1, 0.15) is 45.4 Å². The molecule has 0 bridgehead atoms. The summed E-state index contributed by atoms with van der Waals surface area (Å²) in [6, 6.07) is 4.38. The number of hydrogen-bond donors (Lipinski definition) is 1. The maximum atomic E-state index is 4.67. The van der Waals surface area contributed by atoms with Gasteiger partial charge in [-0.1, -0.05) is 13.3 Å². The Morgan fingerprint density at radius 3 is 2.39 bits per heavy atom. The lowest BCUT2D eigenvalue weighted by Gasteiger charge is -2.21. The first-order valence-electron chi connectivity index (χ1n) is 6.74. The maximum Gasteiger partial charge on any atom is 0.128 e. The molecule has 1 N–H and O–H groups in total. The zero-order valence-corrected chi connectivity index (χ0v) is 12.7. The van der Waals surface area contributed by atoms with Gasteiger partial charge in [-0.15, -0.1) is 0 Å². The lowest BCUT2D eigenvalue weighted by molar-refractivity contribution is 0.424. The Hall–Kier alpha value is -1.09. The Bertz CT molecular complexity index is 378. The van der Waals surface area contributed by atoms with Crippen molar-refractivity contribution >= 4 is 5.82 Å². The minimum absolute atomic E-state index is 0.145. The van der Waals surface area contributed by atoms with Gasteiger partial charge in [-0.3, -0.25) is 0 Å². The van der Waals surface area contributed by atoms with Gasteiger partial charge in [0.25, 0.3) is 0 Å². The van der Waals surface area contributed by atoms with Crippen molar-refractivity contribution in [3.63, 3.8) is 0 Å². The van der Waals surface area contributed by atoms with Crippen LogP contribution in [0.15, 0.2) is 12.1 Å². The van der Waals surface area contributed by atoms with Crippen LogP contribution in [0.4, 0.5) is 5.82 Å². The number of nitrogens with zero attached hydrogens (tertiary/aromatic N) is 2. The van der Waals surface area contributed by atoms with E-state index in [0.29, 0.717) is 0 Å². The molecule has 0 radical (unpaired) electrons. The van der Waals surface area contributed by atoms with Crippen molar-refractivity contribution in [1.29, 1.82) is 0 Å². The summed E-state index contributed by atoms with van der Waals surface area (Å²) in [7, 11) is 4.08. The first-order chi connectivity index (χ1) is 8.31. The van der Waals surface area contributed by atoms with Crippen LogP contribution in [0.3, 0.4) is 0 Å². The molecule has 0 fully saturated rings. The van der Waals surface area contributed by atoms with Crippen LogP contribution in [-0.2, 0) is 13.0 Å². The minimum atomic E-state index is 0.145. The van der Waals surface area contributed by atoms with E-state index in [4.69, 9.17) is 0 Å².